The molecule has 5 nitrogen and oxygen atoms in total. The van der Waals surface area contributed by atoms with Crippen molar-refractivity contribution in [3.8, 4) is 11.5 Å². The van der Waals surface area contributed by atoms with Crippen LogP contribution in [0.3, 0.4) is 0 Å². The number of carbonyl (C=O) groups is 1. The maximum absolute atomic E-state index is 11.0. The van der Waals surface area contributed by atoms with E-state index in [1.807, 2.05) is 18.2 Å². The van der Waals surface area contributed by atoms with Crippen LogP contribution in [0.5, 0.6) is 11.5 Å². The largest absolute Gasteiger partial charge is 0.493 e. The molecule has 1 saturated carbocycles. The minimum absolute atomic E-state index is 0.255. The lowest BCUT2D eigenvalue weighted by Gasteiger charge is -2.14. The van der Waals surface area contributed by atoms with E-state index in [1.165, 1.54) is 12.8 Å². The number of hydrogen-bond donors (Lipinski definition) is 2. The molecular weight excluding hydrogens is 256 g/mol. The molecule has 1 aromatic rings. The molecule has 0 aliphatic heterocycles. The first-order valence-electron chi connectivity index (χ1n) is 6.92. The lowest BCUT2D eigenvalue weighted by Crippen LogP contribution is -2.25. The van der Waals surface area contributed by atoms with Crippen molar-refractivity contribution in [3.63, 3.8) is 0 Å². The van der Waals surface area contributed by atoms with E-state index in [4.69, 9.17) is 15.2 Å². The molecule has 0 bridgehead atoms. The van der Waals surface area contributed by atoms with Gasteiger partial charge in [0.1, 0.15) is 0 Å². The maximum Gasteiger partial charge on any atom is 0.223 e. The van der Waals surface area contributed by atoms with Gasteiger partial charge in [-0.05, 0) is 30.5 Å². The van der Waals surface area contributed by atoms with E-state index in [9.17, 15) is 4.79 Å². The van der Waals surface area contributed by atoms with Gasteiger partial charge in [0, 0.05) is 12.6 Å². The molecule has 0 aromatic heterocycles. The summed E-state index contributed by atoms with van der Waals surface area (Å²) < 4.78 is 10.9. The lowest BCUT2D eigenvalue weighted by molar-refractivity contribution is -0.122. The van der Waals surface area contributed by atoms with Gasteiger partial charge in [-0.15, -0.1) is 0 Å². The summed E-state index contributed by atoms with van der Waals surface area (Å²) in [5.74, 6) is 0.623. The van der Waals surface area contributed by atoms with E-state index < -0.39 is 0 Å². The third-order valence-corrected chi connectivity index (χ3v) is 3.37. The Morgan fingerprint density at radius 3 is 2.80 bits per heavy atom. The highest BCUT2D eigenvalue weighted by molar-refractivity contribution is 5.76. The number of benzene rings is 1. The van der Waals surface area contributed by atoms with Crippen molar-refractivity contribution in [2.24, 2.45) is 11.7 Å². The van der Waals surface area contributed by atoms with E-state index in [-0.39, 0.29) is 18.4 Å². The quantitative estimate of drug-likeness (QED) is 0.755. The van der Waals surface area contributed by atoms with E-state index in [1.54, 1.807) is 14.0 Å². The zero-order valence-electron chi connectivity index (χ0n) is 12.0. The third kappa shape index (κ3) is 4.13. The minimum atomic E-state index is -0.366. The van der Waals surface area contributed by atoms with Gasteiger partial charge in [0.25, 0.3) is 0 Å². The van der Waals surface area contributed by atoms with Crippen molar-refractivity contribution in [3.05, 3.63) is 23.8 Å². The van der Waals surface area contributed by atoms with E-state index in [0.717, 1.165) is 12.1 Å². The fourth-order valence-electron chi connectivity index (χ4n) is 1.79. The van der Waals surface area contributed by atoms with Crippen molar-refractivity contribution < 1.29 is 14.3 Å². The summed E-state index contributed by atoms with van der Waals surface area (Å²) in [7, 11) is 1.61. The number of methoxy groups -OCH3 is 1. The number of rotatable bonds is 8. The van der Waals surface area contributed by atoms with Crippen molar-refractivity contribution in [1.29, 1.82) is 0 Å². The van der Waals surface area contributed by atoms with E-state index >= 15 is 0 Å². The normalized spacial score (nSPS) is 15.7. The summed E-state index contributed by atoms with van der Waals surface area (Å²) in [6.07, 6.45) is 2.53. The minimum Gasteiger partial charge on any atom is -0.493 e. The molecular formula is C15H22N2O3. The number of nitrogens with one attached hydrogen (secondary N) is 1. The number of primary amides is 1. The van der Waals surface area contributed by atoms with Crippen molar-refractivity contribution in [1.82, 2.24) is 5.32 Å². The summed E-state index contributed by atoms with van der Waals surface area (Å²) in [6.45, 7) is 2.83. The zero-order valence-corrected chi connectivity index (χ0v) is 12.0. The second-order valence-electron chi connectivity index (χ2n) is 5.25. The Bertz CT molecular complexity index is 472. The summed E-state index contributed by atoms with van der Waals surface area (Å²) in [5.41, 5.74) is 6.37. The molecule has 0 spiro atoms. The van der Waals surface area contributed by atoms with Crippen LogP contribution in [0.4, 0.5) is 0 Å². The zero-order chi connectivity index (χ0) is 14.5. The van der Waals surface area contributed by atoms with Gasteiger partial charge >= 0.3 is 0 Å². The highest BCUT2D eigenvalue weighted by Crippen LogP contribution is 2.29. The molecule has 0 saturated heterocycles. The average Bonchev–Trinajstić information content (AvgIpc) is 3.26. The SMILES string of the molecule is COc1cc(CNC2CC2)ccc1OCC(C)C(N)=O. The Kier molecular flexibility index (Phi) is 4.84. The predicted molar refractivity (Wildman–Crippen MR) is 76.7 cm³/mol. The van der Waals surface area contributed by atoms with Gasteiger partial charge in [-0.2, -0.15) is 0 Å². The average molecular weight is 278 g/mol. The predicted octanol–water partition coefficient (Wildman–Crippen LogP) is 1.45. The molecule has 1 amide bonds. The van der Waals surface area contributed by atoms with Crippen LogP contribution < -0.4 is 20.5 Å². The Morgan fingerprint density at radius 2 is 2.20 bits per heavy atom. The van der Waals surface area contributed by atoms with Gasteiger partial charge in [0.05, 0.1) is 19.6 Å². The van der Waals surface area contributed by atoms with Gasteiger partial charge in [-0.25, -0.2) is 0 Å². The molecule has 2 rings (SSSR count). The molecule has 20 heavy (non-hydrogen) atoms. The molecule has 1 aromatic carbocycles. The first kappa shape index (κ1) is 14.7. The molecule has 1 atom stereocenters. The molecule has 110 valence electrons. The van der Waals surface area contributed by atoms with Crippen LogP contribution in [0.1, 0.15) is 25.3 Å². The van der Waals surface area contributed by atoms with Crippen LogP contribution in [0, 0.1) is 5.92 Å². The summed E-state index contributed by atoms with van der Waals surface area (Å²) in [6, 6.07) is 6.51. The highest BCUT2D eigenvalue weighted by Gasteiger charge is 2.20. The first-order valence-corrected chi connectivity index (χ1v) is 6.92. The van der Waals surface area contributed by atoms with Gasteiger partial charge < -0.3 is 20.5 Å². The monoisotopic (exact) mass is 278 g/mol. The Morgan fingerprint density at radius 1 is 1.45 bits per heavy atom. The second-order valence-corrected chi connectivity index (χ2v) is 5.25. The molecule has 3 N–H and O–H groups in total. The molecule has 5 heteroatoms. The van der Waals surface area contributed by atoms with Crippen LogP contribution >= 0.6 is 0 Å². The Labute approximate surface area is 119 Å². The van der Waals surface area contributed by atoms with Gasteiger partial charge in [-0.1, -0.05) is 13.0 Å². The van der Waals surface area contributed by atoms with Crippen molar-refractivity contribution in [2.45, 2.75) is 32.4 Å². The topological polar surface area (TPSA) is 73.6 Å². The molecule has 0 heterocycles. The van der Waals surface area contributed by atoms with Crippen LogP contribution in [-0.4, -0.2) is 25.7 Å². The molecule has 1 aliphatic rings. The fraction of sp³-hybridized carbons (Fsp3) is 0.533. The number of hydrogen-bond acceptors (Lipinski definition) is 4. The number of nitrogens with two attached hydrogens (primary N) is 1. The Balaban J connectivity index is 1.95. The van der Waals surface area contributed by atoms with Crippen LogP contribution in [0.2, 0.25) is 0 Å². The number of amides is 1. The molecule has 0 radical (unpaired) electrons. The molecule has 1 fully saturated rings. The fourth-order valence-corrected chi connectivity index (χ4v) is 1.79. The second kappa shape index (κ2) is 6.61. The van der Waals surface area contributed by atoms with Crippen molar-refractivity contribution >= 4 is 5.91 Å². The van der Waals surface area contributed by atoms with E-state index in [2.05, 4.69) is 5.32 Å². The highest BCUT2D eigenvalue weighted by atomic mass is 16.5. The van der Waals surface area contributed by atoms with Crippen LogP contribution in [-0.2, 0) is 11.3 Å². The van der Waals surface area contributed by atoms with Crippen LogP contribution in [0.25, 0.3) is 0 Å². The summed E-state index contributed by atoms with van der Waals surface area (Å²) in [4.78, 5) is 11.0. The standard InChI is InChI=1S/C15H22N2O3/c1-10(15(16)18)9-20-13-6-3-11(7-14(13)19-2)8-17-12-4-5-12/h3,6-7,10,12,17H,4-5,8-9H2,1-2H3,(H2,16,18). The van der Waals surface area contributed by atoms with Gasteiger partial charge in [0.2, 0.25) is 5.91 Å². The first-order chi connectivity index (χ1) is 9.60. The van der Waals surface area contributed by atoms with Crippen molar-refractivity contribution in [2.75, 3.05) is 13.7 Å². The van der Waals surface area contributed by atoms with E-state index in [0.29, 0.717) is 17.5 Å². The number of carbonyl (C=O) groups excluding carboxylic acids is 1. The summed E-state index contributed by atoms with van der Waals surface area (Å²) >= 11 is 0. The number of ether oxygens (including phenoxy) is 2. The van der Waals surface area contributed by atoms with Crippen LogP contribution in [0.15, 0.2) is 18.2 Å². The third-order valence-electron chi connectivity index (χ3n) is 3.37. The Hall–Kier alpha value is -1.75. The lowest BCUT2D eigenvalue weighted by atomic mass is 10.2. The summed E-state index contributed by atoms with van der Waals surface area (Å²) in [5, 5.41) is 3.45. The van der Waals surface area contributed by atoms with Gasteiger partial charge in [-0.3, -0.25) is 4.79 Å². The molecule has 1 unspecified atom stereocenters. The molecule has 1 aliphatic carbocycles. The smallest absolute Gasteiger partial charge is 0.223 e. The maximum atomic E-state index is 11.0. The van der Waals surface area contributed by atoms with Gasteiger partial charge in [0.15, 0.2) is 11.5 Å².